The number of para-hydroxylation sites is 2. The van der Waals surface area contributed by atoms with Crippen LogP contribution in [0.25, 0.3) is 0 Å². The Hall–Kier alpha value is -1.72. The van der Waals surface area contributed by atoms with Gasteiger partial charge in [-0.1, -0.05) is 41.9 Å². The van der Waals surface area contributed by atoms with Gasteiger partial charge in [-0.15, -0.1) is 0 Å². The first kappa shape index (κ1) is 14.7. The van der Waals surface area contributed by atoms with Crippen LogP contribution in [0.1, 0.15) is 5.56 Å². The number of hydrogen-bond acceptors (Lipinski definition) is 3. The van der Waals surface area contributed by atoms with E-state index in [1.807, 2.05) is 0 Å². The van der Waals surface area contributed by atoms with Crippen molar-refractivity contribution in [2.45, 2.75) is 5.75 Å². The van der Waals surface area contributed by atoms with E-state index < -0.39 is 10.0 Å². The van der Waals surface area contributed by atoms with Crippen molar-refractivity contribution in [1.82, 2.24) is 0 Å². The zero-order valence-electron chi connectivity index (χ0n) is 10.8. The minimum atomic E-state index is -3.56. The van der Waals surface area contributed by atoms with Gasteiger partial charge in [0.25, 0.3) is 0 Å². The lowest BCUT2D eigenvalue weighted by molar-refractivity contribution is 0.417. The van der Waals surface area contributed by atoms with E-state index >= 15 is 0 Å². The zero-order valence-corrected chi connectivity index (χ0v) is 12.4. The average molecular weight is 312 g/mol. The van der Waals surface area contributed by atoms with Crippen LogP contribution in [0, 0.1) is 0 Å². The first-order chi connectivity index (χ1) is 9.52. The average Bonchev–Trinajstić information content (AvgIpc) is 2.41. The standard InChI is InChI=1S/C14H14ClNO3S/c1-19-14-9-5-4-8-13(14)16-20(17,18)10-11-6-2-3-7-12(11)15/h2-9,16H,10H2,1H3. The third-order valence-electron chi connectivity index (χ3n) is 2.68. The minimum absolute atomic E-state index is 0.190. The lowest BCUT2D eigenvalue weighted by Gasteiger charge is -2.12. The van der Waals surface area contributed by atoms with E-state index in [2.05, 4.69) is 4.72 Å². The highest BCUT2D eigenvalue weighted by Crippen LogP contribution is 2.25. The fourth-order valence-corrected chi connectivity index (χ4v) is 3.27. The molecule has 0 atom stereocenters. The molecule has 0 radical (unpaired) electrons. The van der Waals surface area contributed by atoms with Crippen LogP contribution in [0.3, 0.4) is 0 Å². The Kier molecular flexibility index (Phi) is 4.52. The molecule has 0 saturated carbocycles. The third-order valence-corrected chi connectivity index (χ3v) is 4.27. The largest absolute Gasteiger partial charge is 0.495 e. The summed E-state index contributed by atoms with van der Waals surface area (Å²) in [5.41, 5.74) is 0.957. The van der Waals surface area contributed by atoms with Crippen LogP contribution in [0.2, 0.25) is 5.02 Å². The van der Waals surface area contributed by atoms with Gasteiger partial charge in [0.15, 0.2) is 0 Å². The first-order valence-electron chi connectivity index (χ1n) is 5.89. The van der Waals surface area contributed by atoms with Gasteiger partial charge in [0, 0.05) is 5.02 Å². The highest BCUT2D eigenvalue weighted by atomic mass is 35.5. The topological polar surface area (TPSA) is 55.4 Å². The first-order valence-corrected chi connectivity index (χ1v) is 7.92. The Bertz CT molecular complexity index is 701. The smallest absolute Gasteiger partial charge is 0.237 e. The van der Waals surface area contributed by atoms with Crippen molar-refractivity contribution in [1.29, 1.82) is 0 Å². The molecule has 1 N–H and O–H groups in total. The van der Waals surface area contributed by atoms with Gasteiger partial charge in [-0.3, -0.25) is 4.72 Å². The van der Waals surface area contributed by atoms with Gasteiger partial charge >= 0.3 is 0 Å². The van der Waals surface area contributed by atoms with Gasteiger partial charge in [0.05, 0.1) is 18.6 Å². The molecule has 0 saturated heterocycles. The van der Waals surface area contributed by atoms with Gasteiger partial charge in [-0.2, -0.15) is 0 Å². The number of hydrogen-bond donors (Lipinski definition) is 1. The Morgan fingerprint density at radius 1 is 1.10 bits per heavy atom. The van der Waals surface area contributed by atoms with Crippen LogP contribution < -0.4 is 9.46 Å². The van der Waals surface area contributed by atoms with Crippen molar-refractivity contribution in [2.24, 2.45) is 0 Å². The maximum absolute atomic E-state index is 12.2. The van der Waals surface area contributed by atoms with Crippen LogP contribution in [0.4, 0.5) is 5.69 Å². The zero-order chi connectivity index (χ0) is 14.6. The molecule has 2 aromatic rings. The Morgan fingerprint density at radius 3 is 2.45 bits per heavy atom. The van der Waals surface area contributed by atoms with E-state index in [-0.39, 0.29) is 5.75 Å². The van der Waals surface area contributed by atoms with Gasteiger partial charge in [-0.25, -0.2) is 8.42 Å². The number of ether oxygens (including phenoxy) is 1. The molecule has 2 rings (SSSR count). The Labute approximate surface area is 123 Å². The second kappa shape index (κ2) is 6.15. The Balaban J connectivity index is 2.22. The summed E-state index contributed by atoms with van der Waals surface area (Å²) in [7, 11) is -2.07. The molecule has 0 aliphatic carbocycles. The van der Waals surface area contributed by atoms with Crippen LogP contribution in [-0.4, -0.2) is 15.5 Å². The number of rotatable bonds is 5. The third kappa shape index (κ3) is 3.65. The van der Waals surface area contributed by atoms with Crippen molar-refractivity contribution < 1.29 is 13.2 Å². The molecule has 0 aliphatic heterocycles. The number of halogens is 1. The van der Waals surface area contributed by atoms with Crippen molar-refractivity contribution in [3.8, 4) is 5.75 Å². The van der Waals surface area contributed by atoms with E-state index in [4.69, 9.17) is 16.3 Å². The SMILES string of the molecule is COc1ccccc1NS(=O)(=O)Cc1ccccc1Cl. The summed E-state index contributed by atoms with van der Waals surface area (Å²) in [6, 6.07) is 13.7. The second-order valence-corrected chi connectivity index (χ2v) is 6.28. The maximum Gasteiger partial charge on any atom is 0.237 e. The van der Waals surface area contributed by atoms with E-state index in [0.717, 1.165) is 0 Å². The lowest BCUT2D eigenvalue weighted by atomic mass is 10.2. The molecule has 0 unspecified atom stereocenters. The highest BCUT2D eigenvalue weighted by molar-refractivity contribution is 7.91. The minimum Gasteiger partial charge on any atom is -0.495 e. The molecule has 6 heteroatoms. The molecular formula is C14H14ClNO3S. The fraction of sp³-hybridized carbons (Fsp3) is 0.143. The predicted molar refractivity (Wildman–Crippen MR) is 80.7 cm³/mol. The summed E-state index contributed by atoms with van der Waals surface area (Å²) in [6.45, 7) is 0. The van der Waals surface area contributed by atoms with Gasteiger partial charge in [-0.05, 0) is 23.8 Å². The molecule has 0 fully saturated rings. The van der Waals surface area contributed by atoms with Crippen LogP contribution in [0.5, 0.6) is 5.75 Å². The van der Waals surface area contributed by atoms with Crippen LogP contribution in [-0.2, 0) is 15.8 Å². The number of benzene rings is 2. The van der Waals surface area contributed by atoms with Gasteiger partial charge < -0.3 is 4.74 Å². The molecule has 106 valence electrons. The molecule has 0 amide bonds. The molecule has 0 spiro atoms. The van der Waals surface area contributed by atoms with E-state index in [0.29, 0.717) is 22.0 Å². The van der Waals surface area contributed by atoms with Crippen LogP contribution in [0.15, 0.2) is 48.5 Å². The molecular weight excluding hydrogens is 298 g/mol. The normalized spacial score (nSPS) is 11.1. The van der Waals surface area contributed by atoms with Gasteiger partial charge in [0.1, 0.15) is 5.75 Å². The summed E-state index contributed by atoms with van der Waals surface area (Å²) in [4.78, 5) is 0. The summed E-state index contributed by atoms with van der Waals surface area (Å²) in [6.07, 6.45) is 0. The van der Waals surface area contributed by atoms with E-state index in [1.165, 1.54) is 7.11 Å². The van der Waals surface area contributed by atoms with Crippen molar-refractivity contribution >= 4 is 27.3 Å². The van der Waals surface area contributed by atoms with Gasteiger partial charge in [0.2, 0.25) is 10.0 Å². The monoisotopic (exact) mass is 311 g/mol. The van der Waals surface area contributed by atoms with E-state index in [1.54, 1.807) is 48.5 Å². The predicted octanol–water partition coefficient (Wildman–Crippen LogP) is 3.29. The lowest BCUT2D eigenvalue weighted by Crippen LogP contribution is -2.15. The maximum atomic E-state index is 12.2. The van der Waals surface area contributed by atoms with Crippen molar-refractivity contribution in [2.75, 3.05) is 11.8 Å². The molecule has 20 heavy (non-hydrogen) atoms. The number of nitrogens with one attached hydrogen (secondary N) is 1. The summed E-state index contributed by atoms with van der Waals surface area (Å²) >= 11 is 5.97. The molecule has 0 aromatic heterocycles. The Morgan fingerprint density at radius 2 is 1.75 bits per heavy atom. The van der Waals surface area contributed by atoms with Crippen molar-refractivity contribution in [3.05, 3.63) is 59.1 Å². The molecule has 2 aromatic carbocycles. The molecule has 0 heterocycles. The molecule has 0 bridgehead atoms. The fourth-order valence-electron chi connectivity index (χ4n) is 1.75. The van der Waals surface area contributed by atoms with Crippen molar-refractivity contribution in [3.63, 3.8) is 0 Å². The molecule has 4 nitrogen and oxygen atoms in total. The summed E-state index contributed by atoms with van der Waals surface area (Å²) < 4.78 is 31.9. The van der Waals surface area contributed by atoms with E-state index in [9.17, 15) is 8.42 Å². The summed E-state index contributed by atoms with van der Waals surface area (Å²) in [5.74, 6) is 0.278. The highest BCUT2D eigenvalue weighted by Gasteiger charge is 2.15. The second-order valence-electron chi connectivity index (χ2n) is 4.15. The molecule has 0 aliphatic rings. The summed E-state index contributed by atoms with van der Waals surface area (Å²) in [5, 5.41) is 0.429. The quantitative estimate of drug-likeness (QED) is 0.922. The number of sulfonamides is 1. The van der Waals surface area contributed by atoms with Crippen LogP contribution >= 0.6 is 11.6 Å². The number of methoxy groups -OCH3 is 1. The number of anilines is 1.